The van der Waals surface area contributed by atoms with Gasteiger partial charge in [-0.05, 0) is 58.1 Å². The molecule has 1 aromatic heterocycles. The zero-order valence-electron chi connectivity index (χ0n) is 32.2. The van der Waals surface area contributed by atoms with Crippen molar-refractivity contribution < 1.29 is 0 Å². The van der Waals surface area contributed by atoms with Crippen molar-refractivity contribution in [1.82, 2.24) is 4.57 Å². The molecule has 1 unspecified atom stereocenters. The molecule has 9 aromatic carbocycles. The van der Waals surface area contributed by atoms with Crippen LogP contribution in [0.15, 0.2) is 212 Å². The van der Waals surface area contributed by atoms with Crippen LogP contribution >= 0.6 is 0 Å². The van der Waals surface area contributed by atoms with Gasteiger partial charge < -0.3 is 20.1 Å². The zero-order valence-corrected chi connectivity index (χ0v) is 32.2. The Kier molecular flexibility index (Phi) is 8.21. The fourth-order valence-corrected chi connectivity index (χ4v) is 9.18. The molecule has 5 heteroatoms. The average Bonchev–Trinajstić information content (AvgIpc) is 3.58. The first kappa shape index (κ1) is 34.5. The van der Waals surface area contributed by atoms with E-state index in [0.717, 1.165) is 61.9 Å². The molecule has 0 aliphatic carbocycles. The standard InChI is InChI=1S/C54H39N5/c55-53(36-19-3-1-4-20-36)59(54(56)37-21-5-2-6-22-37)49-34-18-17-33-48(49)57-45-30-14-11-27-42(45)51-43-28-12-15-31-46(43)58(52(51)44-29-13-16-32-47(44)57)50-35-38-23-7-8-24-39(38)40-25-9-10-26-41(40)50/h1-35,53,56H,55H2. The molecule has 2 heterocycles. The van der Waals surface area contributed by atoms with E-state index in [4.69, 9.17) is 5.73 Å². The first-order chi connectivity index (χ1) is 29.2. The number of benzene rings is 9. The Morgan fingerprint density at radius 2 is 1.02 bits per heavy atom. The van der Waals surface area contributed by atoms with Crippen molar-refractivity contribution in [3.05, 3.63) is 223 Å². The molecule has 0 amide bonds. The lowest BCUT2D eigenvalue weighted by molar-refractivity contribution is 0.750. The quantitative estimate of drug-likeness (QED) is 0.0768. The molecule has 11 rings (SSSR count). The van der Waals surface area contributed by atoms with E-state index in [9.17, 15) is 5.41 Å². The Balaban J connectivity index is 1.22. The number of hydrogen-bond donors (Lipinski definition) is 2. The second-order valence-corrected chi connectivity index (χ2v) is 15.0. The number of nitrogens with zero attached hydrogens (tertiary/aromatic N) is 3. The van der Waals surface area contributed by atoms with Crippen LogP contribution in [0, 0.1) is 5.41 Å². The number of hydrogen-bond acceptors (Lipinski definition) is 3. The number of rotatable bonds is 6. The third-order valence-corrected chi connectivity index (χ3v) is 11.8. The van der Waals surface area contributed by atoms with Gasteiger partial charge in [-0.25, -0.2) is 0 Å². The summed E-state index contributed by atoms with van der Waals surface area (Å²) in [7, 11) is 0. The van der Waals surface area contributed by atoms with Crippen molar-refractivity contribution in [3.63, 3.8) is 0 Å². The van der Waals surface area contributed by atoms with Crippen LogP contribution in [-0.4, -0.2) is 10.4 Å². The summed E-state index contributed by atoms with van der Waals surface area (Å²) < 4.78 is 2.49. The lowest BCUT2D eigenvalue weighted by Crippen LogP contribution is -2.40. The van der Waals surface area contributed by atoms with Crippen LogP contribution in [0.25, 0.3) is 60.5 Å². The smallest absolute Gasteiger partial charge is 0.134 e. The third-order valence-electron chi connectivity index (χ3n) is 11.8. The summed E-state index contributed by atoms with van der Waals surface area (Å²) in [5.41, 5.74) is 19.6. The molecule has 0 spiro atoms. The largest absolute Gasteiger partial charge is 0.308 e. The van der Waals surface area contributed by atoms with Gasteiger partial charge in [-0.3, -0.25) is 5.41 Å². The summed E-state index contributed by atoms with van der Waals surface area (Å²) in [5, 5.41) is 15.8. The van der Waals surface area contributed by atoms with Gasteiger partial charge in [-0.2, -0.15) is 0 Å². The van der Waals surface area contributed by atoms with Crippen molar-refractivity contribution in [3.8, 4) is 28.1 Å². The summed E-state index contributed by atoms with van der Waals surface area (Å²) in [6, 6.07) is 74.4. The molecule has 280 valence electrons. The highest BCUT2D eigenvalue weighted by Crippen LogP contribution is 2.56. The van der Waals surface area contributed by atoms with E-state index in [0.29, 0.717) is 5.84 Å². The van der Waals surface area contributed by atoms with Gasteiger partial charge >= 0.3 is 0 Å². The van der Waals surface area contributed by atoms with Crippen molar-refractivity contribution in [2.24, 2.45) is 5.73 Å². The molecule has 0 radical (unpaired) electrons. The van der Waals surface area contributed by atoms with E-state index in [-0.39, 0.29) is 0 Å². The summed E-state index contributed by atoms with van der Waals surface area (Å²) in [5.74, 6) is 0.315. The van der Waals surface area contributed by atoms with Gasteiger partial charge in [0.15, 0.2) is 0 Å². The van der Waals surface area contributed by atoms with Gasteiger partial charge in [0, 0.05) is 33.0 Å². The Labute approximate surface area is 343 Å². The van der Waals surface area contributed by atoms with E-state index in [2.05, 4.69) is 155 Å². The number of para-hydroxylation sites is 5. The van der Waals surface area contributed by atoms with Gasteiger partial charge in [0.1, 0.15) is 12.0 Å². The molecule has 1 atom stereocenters. The molecule has 0 bridgehead atoms. The Morgan fingerprint density at radius 3 is 1.78 bits per heavy atom. The summed E-state index contributed by atoms with van der Waals surface area (Å²) in [4.78, 5) is 4.35. The maximum absolute atomic E-state index is 9.79. The molecule has 1 aliphatic heterocycles. The number of nitrogens with one attached hydrogen (secondary N) is 1. The highest BCUT2D eigenvalue weighted by atomic mass is 15.3. The van der Waals surface area contributed by atoms with Gasteiger partial charge in [0.2, 0.25) is 0 Å². The van der Waals surface area contributed by atoms with Crippen LogP contribution in [0.2, 0.25) is 0 Å². The second kappa shape index (κ2) is 14.0. The van der Waals surface area contributed by atoms with Crippen molar-refractivity contribution >= 4 is 61.0 Å². The minimum absolute atomic E-state index is 0.315. The maximum Gasteiger partial charge on any atom is 0.134 e. The molecular weight excluding hydrogens is 719 g/mol. The number of aromatic nitrogens is 1. The fraction of sp³-hybridized carbons (Fsp3) is 0.0185. The minimum atomic E-state index is -0.644. The fourth-order valence-electron chi connectivity index (χ4n) is 9.18. The predicted octanol–water partition coefficient (Wildman–Crippen LogP) is 13.5. The molecule has 3 N–H and O–H groups in total. The van der Waals surface area contributed by atoms with Crippen LogP contribution in [0.3, 0.4) is 0 Å². The monoisotopic (exact) mass is 757 g/mol. The van der Waals surface area contributed by atoms with E-state index in [1.54, 1.807) is 0 Å². The van der Waals surface area contributed by atoms with Crippen LogP contribution in [0.4, 0.5) is 22.7 Å². The third kappa shape index (κ3) is 5.47. The van der Waals surface area contributed by atoms with Crippen molar-refractivity contribution in [2.45, 2.75) is 6.17 Å². The maximum atomic E-state index is 9.79. The Morgan fingerprint density at radius 1 is 0.475 bits per heavy atom. The molecule has 5 nitrogen and oxygen atoms in total. The lowest BCUT2D eigenvalue weighted by atomic mass is 9.97. The second-order valence-electron chi connectivity index (χ2n) is 15.0. The summed E-state index contributed by atoms with van der Waals surface area (Å²) in [6.07, 6.45) is -0.644. The van der Waals surface area contributed by atoms with E-state index in [1.807, 2.05) is 71.6 Å². The molecule has 0 saturated carbocycles. The minimum Gasteiger partial charge on any atom is -0.308 e. The predicted molar refractivity (Wildman–Crippen MR) is 247 cm³/mol. The van der Waals surface area contributed by atoms with E-state index < -0.39 is 6.17 Å². The van der Waals surface area contributed by atoms with Crippen LogP contribution in [0.5, 0.6) is 0 Å². The van der Waals surface area contributed by atoms with Crippen LogP contribution in [-0.2, 0) is 0 Å². The molecular formula is C54H39N5. The van der Waals surface area contributed by atoms with Crippen LogP contribution < -0.4 is 15.5 Å². The molecule has 59 heavy (non-hydrogen) atoms. The van der Waals surface area contributed by atoms with Gasteiger partial charge in [-0.15, -0.1) is 0 Å². The molecule has 0 saturated heterocycles. The zero-order chi connectivity index (χ0) is 39.5. The number of amidine groups is 1. The van der Waals surface area contributed by atoms with Gasteiger partial charge in [0.25, 0.3) is 0 Å². The van der Waals surface area contributed by atoms with E-state index >= 15 is 0 Å². The van der Waals surface area contributed by atoms with Crippen LogP contribution in [0.1, 0.15) is 17.3 Å². The lowest BCUT2D eigenvalue weighted by Gasteiger charge is -2.36. The summed E-state index contributed by atoms with van der Waals surface area (Å²) >= 11 is 0. The van der Waals surface area contributed by atoms with Crippen molar-refractivity contribution in [1.29, 1.82) is 5.41 Å². The Hall–Kier alpha value is -7.73. The number of anilines is 4. The van der Waals surface area contributed by atoms with Gasteiger partial charge in [0.05, 0.1) is 39.6 Å². The SMILES string of the molecule is N=C(c1ccccc1)N(c1ccccc1N1c2ccccc2-c2c(n(-c3cc4ccccc4c4ccccc34)c3ccccc23)-c2ccccc21)C(N)c1ccccc1. The first-order valence-electron chi connectivity index (χ1n) is 20.0. The number of nitrogens with two attached hydrogens (primary N) is 1. The summed E-state index contributed by atoms with van der Waals surface area (Å²) in [6.45, 7) is 0. The molecule has 1 aliphatic rings. The molecule has 0 fully saturated rings. The highest BCUT2D eigenvalue weighted by molar-refractivity contribution is 6.17. The number of fused-ring (bicyclic) bond motifs is 10. The Bertz CT molecular complexity index is 3220. The first-order valence-corrected chi connectivity index (χ1v) is 20.0. The van der Waals surface area contributed by atoms with E-state index in [1.165, 1.54) is 32.5 Å². The highest BCUT2D eigenvalue weighted by Gasteiger charge is 2.34. The molecule has 10 aromatic rings. The van der Waals surface area contributed by atoms with Gasteiger partial charge in [-0.1, -0.05) is 176 Å². The normalized spacial score (nSPS) is 12.5. The topological polar surface area (TPSA) is 61.3 Å². The van der Waals surface area contributed by atoms with Crippen molar-refractivity contribution in [2.75, 3.05) is 9.80 Å². The average molecular weight is 758 g/mol.